The van der Waals surface area contributed by atoms with Crippen LogP contribution in [-0.2, 0) is 4.79 Å². The van der Waals surface area contributed by atoms with Crippen LogP contribution in [0.1, 0.15) is 6.92 Å². The summed E-state index contributed by atoms with van der Waals surface area (Å²) in [7, 11) is 0. The molecule has 0 aromatic carbocycles. The van der Waals surface area contributed by atoms with Crippen LogP contribution < -0.4 is 0 Å². The lowest BCUT2D eigenvalue weighted by Gasteiger charge is -2.02. The summed E-state index contributed by atoms with van der Waals surface area (Å²) in [6.45, 7) is 1.65. The third kappa shape index (κ3) is 1.13. The molecule has 9 heavy (non-hydrogen) atoms. The third-order valence-corrected chi connectivity index (χ3v) is 1.04. The second-order valence-electron chi connectivity index (χ2n) is 1.85. The summed E-state index contributed by atoms with van der Waals surface area (Å²) in [4.78, 5) is 10.5. The highest BCUT2D eigenvalue weighted by atomic mass is 16.3. The van der Waals surface area contributed by atoms with Crippen molar-refractivity contribution in [1.29, 1.82) is 0 Å². The largest absolute Gasteiger partial charge is 0.492 e. The predicted octanol–water partition coefficient (Wildman–Crippen LogP) is 1.01. The average Bonchev–Trinajstić information content (AvgIpc) is 1.80. The van der Waals surface area contributed by atoms with E-state index in [0.29, 0.717) is 0 Å². The molecule has 0 aromatic heterocycles. The summed E-state index contributed by atoms with van der Waals surface area (Å²) in [5, 5.41) is 15.0. The lowest BCUT2D eigenvalue weighted by Crippen LogP contribution is -2.08. The lowest BCUT2D eigenvalue weighted by atomic mass is 10.1. The van der Waals surface area contributed by atoms with Gasteiger partial charge in [-0.2, -0.15) is 0 Å². The van der Waals surface area contributed by atoms with E-state index in [1.165, 1.54) is 6.08 Å². The lowest BCUT2D eigenvalue weighted by molar-refractivity contribution is -0.120. The molecule has 0 bridgehead atoms. The first-order valence-electron chi connectivity index (χ1n) is 2.56. The minimum atomic E-state index is -0.331. The number of amides is 1. The molecule has 1 atom stereocenters. The number of aliphatic hydroxyl groups is 1. The van der Waals surface area contributed by atoms with E-state index in [9.17, 15) is 4.79 Å². The number of hydrogen-bond donors (Lipinski definition) is 1. The number of hydrogen-bond acceptors (Lipinski definition) is 3. The van der Waals surface area contributed by atoms with Crippen molar-refractivity contribution in [3.05, 3.63) is 12.0 Å². The maximum absolute atomic E-state index is 10.5. The monoisotopic (exact) mass is 126 g/mol. The highest BCUT2D eigenvalue weighted by Crippen LogP contribution is 2.10. The van der Waals surface area contributed by atoms with Crippen LogP contribution in [0.25, 0.3) is 0 Å². The molecule has 0 spiro atoms. The third-order valence-electron chi connectivity index (χ3n) is 1.04. The van der Waals surface area contributed by atoms with Crippen molar-refractivity contribution in [1.82, 2.24) is 0 Å². The van der Waals surface area contributed by atoms with E-state index in [1.54, 1.807) is 6.92 Å². The van der Waals surface area contributed by atoms with Gasteiger partial charge in [0.1, 0.15) is 0 Å². The van der Waals surface area contributed by atoms with Crippen molar-refractivity contribution in [3.8, 4) is 0 Å². The van der Waals surface area contributed by atoms with Crippen LogP contribution in [0.5, 0.6) is 0 Å². The number of aliphatic hydroxyl groups excluding tert-OH is 1. The molecule has 0 radical (unpaired) electrons. The summed E-state index contributed by atoms with van der Waals surface area (Å²) >= 11 is 0. The van der Waals surface area contributed by atoms with E-state index < -0.39 is 0 Å². The fourth-order valence-corrected chi connectivity index (χ4v) is 0.520. The molecular formula is C5H6N2O2. The Labute approximate surface area is 51.9 Å². The van der Waals surface area contributed by atoms with Gasteiger partial charge in [0.15, 0.2) is 0 Å². The van der Waals surface area contributed by atoms with Crippen LogP contribution in [-0.4, -0.2) is 11.0 Å². The molecule has 1 heterocycles. The molecule has 1 aliphatic heterocycles. The Morgan fingerprint density at radius 3 is 2.78 bits per heavy atom. The van der Waals surface area contributed by atoms with Crippen LogP contribution in [0.4, 0.5) is 0 Å². The molecule has 4 heteroatoms. The zero-order valence-electron chi connectivity index (χ0n) is 4.90. The standard InChI is InChI=1S/C5H6N2O2/c1-3-2-4(8)6-7-5(3)9/h2-3,8H,1H3. The van der Waals surface area contributed by atoms with Crippen molar-refractivity contribution in [2.24, 2.45) is 16.1 Å². The van der Waals surface area contributed by atoms with Crippen LogP contribution in [0, 0.1) is 5.92 Å². The topological polar surface area (TPSA) is 62.0 Å². The van der Waals surface area contributed by atoms with E-state index in [0.717, 1.165) is 0 Å². The molecule has 0 fully saturated rings. The Kier molecular flexibility index (Phi) is 1.30. The molecule has 1 unspecified atom stereocenters. The number of azo groups is 1. The van der Waals surface area contributed by atoms with Crippen molar-refractivity contribution in [3.63, 3.8) is 0 Å². The zero-order valence-corrected chi connectivity index (χ0v) is 4.90. The predicted molar refractivity (Wildman–Crippen MR) is 29.7 cm³/mol. The maximum Gasteiger partial charge on any atom is 0.271 e. The maximum atomic E-state index is 10.5. The first-order valence-corrected chi connectivity index (χ1v) is 2.56. The highest BCUT2D eigenvalue weighted by Gasteiger charge is 2.14. The zero-order chi connectivity index (χ0) is 6.85. The molecule has 1 aliphatic rings. The fourth-order valence-electron chi connectivity index (χ4n) is 0.520. The second-order valence-corrected chi connectivity index (χ2v) is 1.85. The summed E-state index contributed by atoms with van der Waals surface area (Å²) in [6, 6.07) is 0. The summed E-state index contributed by atoms with van der Waals surface area (Å²) in [6.07, 6.45) is 1.36. The first-order chi connectivity index (χ1) is 4.20. The van der Waals surface area contributed by atoms with Crippen LogP contribution in [0.2, 0.25) is 0 Å². The first kappa shape index (κ1) is 5.94. The molecule has 0 aromatic rings. The Bertz CT molecular complexity index is 195. The molecule has 0 saturated carbocycles. The molecule has 48 valence electrons. The molecular weight excluding hydrogens is 120 g/mol. The van der Waals surface area contributed by atoms with Gasteiger partial charge in [-0.25, -0.2) is 0 Å². The van der Waals surface area contributed by atoms with E-state index >= 15 is 0 Å². The van der Waals surface area contributed by atoms with Gasteiger partial charge in [0, 0.05) is 0 Å². The van der Waals surface area contributed by atoms with Crippen molar-refractivity contribution in [2.45, 2.75) is 6.92 Å². The van der Waals surface area contributed by atoms with Crippen LogP contribution in [0.15, 0.2) is 22.2 Å². The minimum absolute atomic E-state index is 0.179. The quantitative estimate of drug-likeness (QED) is 0.526. The van der Waals surface area contributed by atoms with Gasteiger partial charge in [0.2, 0.25) is 5.88 Å². The average molecular weight is 126 g/mol. The number of carbonyl (C=O) groups excluding carboxylic acids is 1. The van der Waals surface area contributed by atoms with Gasteiger partial charge in [-0.15, -0.1) is 10.2 Å². The summed E-state index contributed by atoms with van der Waals surface area (Å²) in [5.41, 5.74) is 0. The molecule has 0 saturated heterocycles. The Morgan fingerprint density at radius 1 is 1.67 bits per heavy atom. The van der Waals surface area contributed by atoms with Gasteiger partial charge in [0.25, 0.3) is 5.91 Å². The molecule has 0 aliphatic carbocycles. The molecule has 1 amide bonds. The SMILES string of the molecule is CC1C=C(O)N=NC1=O. The molecule has 4 nitrogen and oxygen atoms in total. The number of carbonyl (C=O) groups is 1. The van der Waals surface area contributed by atoms with Crippen molar-refractivity contribution < 1.29 is 9.90 Å². The second kappa shape index (κ2) is 1.97. The van der Waals surface area contributed by atoms with E-state index in [4.69, 9.17) is 5.11 Å². The number of nitrogens with zero attached hydrogens (tertiary/aromatic N) is 2. The van der Waals surface area contributed by atoms with Gasteiger partial charge in [-0.3, -0.25) is 4.79 Å². The van der Waals surface area contributed by atoms with Crippen LogP contribution in [0.3, 0.4) is 0 Å². The van der Waals surface area contributed by atoms with Gasteiger partial charge in [-0.05, 0) is 13.0 Å². The molecule has 1 rings (SSSR count). The smallest absolute Gasteiger partial charge is 0.271 e. The van der Waals surface area contributed by atoms with E-state index in [1.807, 2.05) is 0 Å². The fraction of sp³-hybridized carbons (Fsp3) is 0.400. The van der Waals surface area contributed by atoms with E-state index in [-0.39, 0.29) is 17.7 Å². The Hall–Kier alpha value is -1.19. The highest BCUT2D eigenvalue weighted by molar-refractivity contribution is 5.81. The van der Waals surface area contributed by atoms with Crippen molar-refractivity contribution in [2.75, 3.05) is 0 Å². The summed E-state index contributed by atoms with van der Waals surface area (Å²) < 4.78 is 0. The minimum Gasteiger partial charge on any atom is -0.492 e. The van der Waals surface area contributed by atoms with Gasteiger partial charge in [-0.1, -0.05) is 0 Å². The normalized spacial score (nSPS) is 26.1. The Balaban J connectivity index is 2.82. The number of rotatable bonds is 0. The van der Waals surface area contributed by atoms with Crippen molar-refractivity contribution >= 4 is 5.91 Å². The van der Waals surface area contributed by atoms with Gasteiger partial charge in [0.05, 0.1) is 5.92 Å². The summed E-state index contributed by atoms with van der Waals surface area (Å²) in [5.74, 6) is -0.822. The van der Waals surface area contributed by atoms with Gasteiger partial charge >= 0.3 is 0 Å². The van der Waals surface area contributed by atoms with E-state index in [2.05, 4.69) is 10.2 Å². The van der Waals surface area contributed by atoms with Gasteiger partial charge < -0.3 is 5.11 Å². The van der Waals surface area contributed by atoms with Crippen LogP contribution >= 0.6 is 0 Å². The molecule has 1 N–H and O–H groups in total. The Morgan fingerprint density at radius 2 is 2.33 bits per heavy atom.